The number of Topliss-reactive ketones (excluding diaryl/α,β-unsaturated/α-hetero) is 1. The van der Waals surface area contributed by atoms with E-state index in [1.165, 1.54) is 24.3 Å². The fraction of sp³-hybridized carbons (Fsp3) is 0.200. The molecular weight excluding hydrogens is 248 g/mol. The molecule has 1 rings (SSSR count). The zero-order valence-corrected chi connectivity index (χ0v) is 9.11. The van der Waals surface area contributed by atoms with Crippen LogP contribution in [-0.4, -0.2) is 21.7 Å². The molecule has 0 aromatic heterocycles. The number of benzene rings is 1. The Labute approximate surface area is 89.9 Å². The molecule has 0 aliphatic rings. The van der Waals surface area contributed by atoms with Crippen molar-refractivity contribution in [1.82, 2.24) is 0 Å². The van der Waals surface area contributed by atoms with E-state index in [9.17, 15) is 9.59 Å². The summed E-state index contributed by atoms with van der Waals surface area (Å²) in [4.78, 5) is 21.7. The standard InChI is InChI=1S/C10H9BrO3/c1-6(11)9(12)7-2-4-8(5-3-7)10(13)14/h2-6H,1H3,(H,13,14). The first-order valence-electron chi connectivity index (χ1n) is 4.04. The molecule has 3 nitrogen and oxygen atoms in total. The topological polar surface area (TPSA) is 54.4 Å². The van der Waals surface area contributed by atoms with Gasteiger partial charge in [-0.15, -0.1) is 0 Å². The lowest BCUT2D eigenvalue weighted by molar-refractivity contribution is 0.0696. The number of alkyl halides is 1. The SMILES string of the molecule is CC(Br)C(=O)c1ccc(C(=O)O)cc1. The maximum Gasteiger partial charge on any atom is 0.335 e. The van der Waals surface area contributed by atoms with Gasteiger partial charge in [-0.2, -0.15) is 0 Å². The third-order valence-electron chi connectivity index (χ3n) is 1.78. The van der Waals surface area contributed by atoms with Gasteiger partial charge in [0, 0.05) is 5.56 Å². The predicted molar refractivity (Wildman–Crippen MR) is 56.1 cm³/mol. The minimum absolute atomic E-state index is 0.0538. The zero-order chi connectivity index (χ0) is 10.7. The molecule has 0 heterocycles. The van der Waals surface area contributed by atoms with E-state index >= 15 is 0 Å². The Morgan fingerprint density at radius 1 is 1.21 bits per heavy atom. The Hall–Kier alpha value is -1.16. The van der Waals surface area contributed by atoms with E-state index in [1.807, 2.05) is 0 Å². The van der Waals surface area contributed by atoms with Gasteiger partial charge < -0.3 is 5.11 Å². The van der Waals surface area contributed by atoms with Gasteiger partial charge in [-0.3, -0.25) is 4.79 Å². The van der Waals surface area contributed by atoms with Crippen LogP contribution in [0.4, 0.5) is 0 Å². The Kier molecular flexibility index (Phi) is 3.41. The monoisotopic (exact) mass is 256 g/mol. The molecule has 0 saturated carbocycles. The highest BCUT2D eigenvalue weighted by molar-refractivity contribution is 9.10. The molecule has 1 N–H and O–H groups in total. The van der Waals surface area contributed by atoms with Crippen molar-refractivity contribution in [1.29, 1.82) is 0 Å². The van der Waals surface area contributed by atoms with Crippen molar-refractivity contribution in [3.05, 3.63) is 35.4 Å². The lowest BCUT2D eigenvalue weighted by Gasteiger charge is -2.02. The van der Waals surface area contributed by atoms with Gasteiger partial charge in [-0.25, -0.2) is 4.79 Å². The number of carbonyl (C=O) groups excluding carboxylic acids is 1. The van der Waals surface area contributed by atoms with Crippen LogP contribution in [0, 0.1) is 0 Å². The number of carbonyl (C=O) groups is 2. The third kappa shape index (κ3) is 2.42. The second kappa shape index (κ2) is 4.37. The fourth-order valence-corrected chi connectivity index (χ4v) is 1.27. The van der Waals surface area contributed by atoms with E-state index in [0.717, 1.165) is 0 Å². The van der Waals surface area contributed by atoms with E-state index in [-0.39, 0.29) is 16.2 Å². The first-order chi connectivity index (χ1) is 6.52. The number of aromatic carboxylic acids is 1. The summed E-state index contributed by atoms with van der Waals surface area (Å²) in [5.41, 5.74) is 0.697. The van der Waals surface area contributed by atoms with Crippen molar-refractivity contribution in [3.63, 3.8) is 0 Å². The van der Waals surface area contributed by atoms with Crippen molar-refractivity contribution >= 4 is 27.7 Å². The van der Waals surface area contributed by atoms with Gasteiger partial charge in [0.25, 0.3) is 0 Å². The van der Waals surface area contributed by atoms with E-state index < -0.39 is 5.97 Å². The summed E-state index contributed by atoms with van der Waals surface area (Å²) in [6.07, 6.45) is 0. The number of halogens is 1. The van der Waals surface area contributed by atoms with Gasteiger partial charge in [0.2, 0.25) is 0 Å². The van der Waals surface area contributed by atoms with Gasteiger partial charge in [-0.1, -0.05) is 28.1 Å². The minimum Gasteiger partial charge on any atom is -0.478 e. The quantitative estimate of drug-likeness (QED) is 0.668. The molecule has 0 bridgehead atoms. The molecule has 74 valence electrons. The molecule has 0 saturated heterocycles. The molecule has 4 heteroatoms. The minimum atomic E-state index is -0.990. The summed E-state index contributed by atoms with van der Waals surface area (Å²) in [6.45, 7) is 1.73. The van der Waals surface area contributed by atoms with Crippen molar-refractivity contribution in [3.8, 4) is 0 Å². The number of carboxylic acids is 1. The second-order valence-corrected chi connectivity index (χ2v) is 4.24. The summed E-state index contributed by atoms with van der Waals surface area (Å²) in [6, 6.07) is 5.88. The lowest BCUT2D eigenvalue weighted by atomic mass is 10.1. The van der Waals surface area contributed by atoms with Crippen LogP contribution in [0.5, 0.6) is 0 Å². The van der Waals surface area contributed by atoms with Gasteiger partial charge in [0.05, 0.1) is 10.4 Å². The average molecular weight is 257 g/mol. The summed E-state index contributed by atoms with van der Waals surface area (Å²) < 4.78 is 0. The van der Waals surface area contributed by atoms with Gasteiger partial charge in [0.1, 0.15) is 0 Å². The predicted octanol–water partition coefficient (Wildman–Crippen LogP) is 2.35. The number of hydrogen-bond donors (Lipinski definition) is 1. The molecule has 1 aromatic rings. The third-order valence-corrected chi connectivity index (χ3v) is 2.19. The molecule has 14 heavy (non-hydrogen) atoms. The van der Waals surface area contributed by atoms with E-state index in [1.54, 1.807) is 6.92 Å². The van der Waals surface area contributed by atoms with Crippen LogP contribution in [0.2, 0.25) is 0 Å². The van der Waals surface area contributed by atoms with Crippen LogP contribution >= 0.6 is 15.9 Å². The molecule has 1 unspecified atom stereocenters. The lowest BCUT2D eigenvalue weighted by Crippen LogP contribution is -2.10. The zero-order valence-electron chi connectivity index (χ0n) is 7.53. The smallest absolute Gasteiger partial charge is 0.335 e. The maximum absolute atomic E-state index is 11.4. The van der Waals surface area contributed by atoms with Crippen molar-refractivity contribution < 1.29 is 14.7 Å². The first kappa shape index (κ1) is 10.9. The van der Waals surface area contributed by atoms with E-state index in [2.05, 4.69) is 15.9 Å². The molecule has 0 aliphatic carbocycles. The summed E-state index contributed by atoms with van der Waals surface area (Å²) in [5.74, 6) is -1.04. The Balaban J connectivity index is 2.94. The molecule has 0 fully saturated rings. The van der Waals surface area contributed by atoms with Crippen LogP contribution in [0.15, 0.2) is 24.3 Å². The maximum atomic E-state index is 11.4. The van der Waals surface area contributed by atoms with Crippen LogP contribution in [0.1, 0.15) is 27.6 Å². The second-order valence-electron chi connectivity index (χ2n) is 2.86. The molecular formula is C10H9BrO3. The van der Waals surface area contributed by atoms with Crippen LogP contribution in [0.3, 0.4) is 0 Å². The molecule has 0 aliphatic heterocycles. The van der Waals surface area contributed by atoms with Crippen molar-refractivity contribution in [2.24, 2.45) is 0 Å². The van der Waals surface area contributed by atoms with E-state index in [4.69, 9.17) is 5.11 Å². The van der Waals surface area contributed by atoms with Crippen LogP contribution < -0.4 is 0 Å². The average Bonchev–Trinajstić information content (AvgIpc) is 2.16. The Morgan fingerprint density at radius 2 is 1.64 bits per heavy atom. The molecule has 0 amide bonds. The molecule has 1 atom stereocenters. The number of rotatable bonds is 3. The molecule has 0 radical (unpaired) electrons. The van der Waals surface area contributed by atoms with Crippen LogP contribution in [-0.2, 0) is 0 Å². The Bertz CT molecular complexity index is 354. The van der Waals surface area contributed by atoms with Crippen molar-refractivity contribution in [2.75, 3.05) is 0 Å². The largest absolute Gasteiger partial charge is 0.478 e. The van der Waals surface area contributed by atoms with Crippen LogP contribution in [0.25, 0.3) is 0 Å². The number of ketones is 1. The summed E-state index contributed by atoms with van der Waals surface area (Å²) in [7, 11) is 0. The number of carboxylic acid groups (broad SMARTS) is 1. The Morgan fingerprint density at radius 3 is 2.00 bits per heavy atom. The molecule has 0 spiro atoms. The number of hydrogen-bond acceptors (Lipinski definition) is 2. The van der Waals surface area contributed by atoms with E-state index in [0.29, 0.717) is 5.56 Å². The summed E-state index contributed by atoms with van der Waals surface area (Å²) in [5, 5.41) is 8.63. The van der Waals surface area contributed by atoms with Gasteiger partial charge in [0.15, 0.2) is 5.78 Å². The van der Waals surface area contributed by atoms with Crippen molar-refractivity contribution in [2.45, 2.75) is 11.8 Å². The molecule has 1 aromatic carbocycles. The highest BCUT2D eigenvalue weighted by Gasteiger charge is 2.12. The normalized spacial score (nSPS) is 12.1. The first-order valence-corrected chi connectivity index (χ1v) is 4.95. The highest BCUT2D eigenvalue weighted by Crippen LogP contribution is 2.11. The van der Waals surface area contributed by atoms with Gasteiger partial charge >= 0.3 is 5.97 Å². The highest BCUT2D eigenvalue weighted by atomic mass is 79.9. The summed E-state index contributed by atoms with van der Waals surface area (Å²) >= 11 is 3.16. The fourth-order valence-electron chi connectivity index (χ4n) is 1.01. The van der Waals surface area contributed by atoms with Gasteiger partial charge in [-0.05, 0) is 19.1 Å².